The molecule has 0 fully saturated rings. The van der Waals surface area contributed by atoms with Crippen molar-refractivity contribution in [1.82, 2.24) is 0 Å². The summed E-state index contributed by atoms with van der Waals surface area (Å²) in [7, 11) is 0. The van der Waals surface area contributed by atoms with Crippen molar-refractivity contribution in [2.75, 3.05) is 10.6 Å². The van der Waals surface area contributed by atoms with Crippen LogP contribution in [-0.2, 0) is 19.0 Å². The molecule has 1 atom stereocenters. The number of thiophene rings is 1. The minimum atomic E-state index is -4.52. The average molecular weight is 515 g/mol. The maximum absolute atomic E-state index is 13.4. The monoisotopic (exact) mass is 514 g/mol. The SMILES string of the molecule is Cc1cccc(C(=O)Nc2sc3c(c2C(=O)Nc2cccc(C(F)(F)F)c2)CCC(C(C)(C)C)C3)c1. The van der Waals surface area contributed by atoms with E-state index in [1.807, 2.05) is 13.0 Å². The molecule has 4 nitrogen and oxygen atoms in total. The lowest BCUT2D eigenvalue weighted by Gasteiger charge is -2.33. The normalized spacial score (nSPS) is 15.8. The lowest BCUT2D eigenvalue weighted by atomic mass is 9.72. The number of benzene rings is 2. The predicted molar refractivity (Wildman–Crippen MR) is 138 cm³/mol. The molecule has 0 spiro atoms. The summed E-state index contributed by atoms with van der Waals surface area (Å²) in [5.74, 6) is -0.443. The number of rotatable bonds is 4. The number of alkyl halides is 3. The Kier molecular flexibility index (Phi) is 7.01. The number of fused-ring (bicyclic) bond motifs is 1. The number of amides is 2. The van der Waals surface area contributed by atoms with Crippen molar-refractivity contribution in [2.24, 2.45) is 11.3 Å². The molecule has 36 heavy (non-hydrogen) atoms. The van der Waals surface area contributed by atoms with E-state index in [0.29, 0.717) is 28.5 Å². The molecule has 8 heteroatoms. The van der Waals surface area contributed by atoms with E-state index < -0.39 is 17.6 Å². The van der Waals surface area contributed by atoms with E-state index in [1.54, 1.807) is 18.2 Å². The van der Waals surface area contributed by atoms with Crippen molar-refractivity contribution in [3.05, 3.63) is 81.2 Å². The fourth-order valence-corrected chi connectivity index (χ4v) is 5.90. The highest BCUT2D eigenvalue weighted by Crippen LogP contribution is 2.44. The van der Waals surface area contributed by atoms with Crippen LogP contribution in [0.2, 0.25) is 0 Å². The van der Waals surface area contributed by atoms with Gasteiger partial charge in [0, 0.05) is 16.1 Å². The van der Waals surface area contributed by atoms with E-state index in [9.17, 15) is 22.8 Å². The molecule has 3 aromatic rings. The van der Waals surface area contributed by atoms with Gasteiger partial charge in [-0.2, -0.15) is 13.2 Å². The van der Waals surface area contributed by atoms with Crippen LogP contribution >= 0.6 is 11.3 Å². The van der Waals surface area contributed by atoms with Crippen LogP contribution in [0, 0.1) is 18.3 Å². The summed E-state index contributed by atoms with van der Waals surface area (Å²) in [5.41, 5.74) is 1.91. The molecule has 4 rings (SSSR count). The second kappa shape index (κ2) is 9.73. The van der Waals surface area contributed by atoms with Crippen molar-refractivity contribution in [1.29, 1.82) is 0 Å². The summed E-state index contributed by atoms with van der Waals surface area (Å²) < 4.78 is 39.5. The van der Waals surface area contributed by atoms with E-state index in [1.165, 1.54) is 23.5 Å². The van der Waals surface area contributed by atoms with E-state index >= 15 is 0 Å². The lowest BCUT2D eigenvalue weighted by molar-refractivity contribution is -0.137. The Morgan fingerprint density at radius 1 is 0.972 bits per heavy atom. The minimum Gasteiger partial charge on any atom is -0.322 e. The Labute approximate surface area is 212 Å². The van der Waals surface area contributed by atoms with Gasteiger partial charge in [-0.05, 0) is 73.4 Å². The van der Waals surface area contributed by atoms with E-state index in [0.717, 1.165) is 41.0 Å². The van der Waals surface area contributed by atoms with Gasteiger partial charge in [-0.15, -0.1) is 11.3 Å². The Morgan fingerprint density at radius 2 is 1.69 bits per heavy atom. The van der Waals surface area contributed by atoms with Crippen LogP contribution in [-0.4, -0.2) is 11.8 Å². The first-order chi connectivity index (χ1) is 16.8. The third-order valence-electron chi connectivity index (χ3n) is 6.67. The van der Waals surface area contributed by atoms with Crippen LogP contribution in [0.3, 0.4) is 0 Å². The van der Waals surface area contributed by atoms with Gasteiger partial charge >= 0.3 is 6.18 Å². The summed E-state index contributed by atoms with van der Waals surface area (Å²) in [6.07, 6.45) is -2.17. The van der Waals surface area contributed by atoms with Crippen LogP contribution in [0.4, 0.5) is 23.9 Å². The van der Waals surface area contributed by atoms with E-state index in [-0.39, 0.29) is 17.0 Å². The first-order valence-corrected chi connectivity index (χ1v) is 12.7. The molecule has 2 aromatic carbocycles. The molecule has 0 saturated heterocycles. The van der Waals surface area contributed by atoms with Gasteiger partial charge in [-0.1, -0.05) is 44.5 Å². The number of aryl methyl sites for hydroxylation is 1. The highest BCUT2D eigenvalue weighted by atomic mass is 32.1. The third-order valence-corrected chi connectivity index (χ3v) is 7.84. The fourth-order valence-electron chi connectivity index (χ4n) is 4.58. The average Bonchev–Trinajstić information content (AvgIpc) is 3.15. The summed E-state index contributed by atoms with van der Waals surface area (Å²) in [6, 6.07) is 11.7. The van der Waals surface area contributed by atoms with Gasteiger partial charge in [0.25, 0.3) is 11.8 Å². The second-order valence-electron chi connectivity index (χ2n) is 10.4. The van der Waals surface area contributed by atoms with Gasteiger partial charge in [0.2, 0.25) is 0 Å². The largest absolute Gasteiger partial charge is 0.416 e. The Bertz CT molecular complexity index is 1300. The molecule has 0 aliphatic heterocycles. The summed E-state index contributed by atoms with van der Waals surface area (Å²) in [5, 5.41) is 5.96. The van der Waals surface area contributed by atoms with E-state index in [2.05, 4.69) is 31.4 Å². The van der Waals surface area contributed by atoms with Crippen LogP contribution in [0.1, 0.15) is 69.5 Å². The zero-order valence-electron chi connectivity index (χ0n) is 20.7. The molecule has 1 heterocycles. The van der Waals surface area contributed by atoms with Crippen molar-refractivity contribution < 1.29 is 22.8 Å². The van der Waals surface area contributed by atoms with Gasteiger partial charge in [-0.25, -0.2) is 0 Å². The molecule has 190 valence electrons. The third kappa shape index (κ3) is 5.64. The molecular formula is C28H29F3N2O2S. The molecule has 1 aromatic heterocycles. The molecule has 0 bridgehead atoms. The topological polar surface area (TPSA) is 58.2 Å². The molecule has 1 unspecified atom stereocenters. The zero-order valence-corrected chi connectivity index (χ0v) is 21.5. The Morgan fingerprint density at radius 3 is 2.36 bits per heavy atom. The zero-order chi connectivity index (χ0) is 26.3. The first kappa shape index (κ1) is 25.9. The van der Waals surface area contributed by atoms with Crippen molar-refractivity contribution in [3.63, 3.8) is 0 Å². The first-order valence-electron chi connectivity index (χ1n) is 11.8. The number of carbonyl (C=O) groups excluding carboxylic acids is 2. The number of hydrogen-bond acceptors (Lipinski definition) is 3. The molecule has 2 amide bonds. The van der Waals surface area contributed by atoms with Gasteiger partial charge < -0.3 is 10.6 Å². The van der Waals surface area contributed by atoms with Gasteiger partial charge in [0.05, 0.1) is 11.1 Å². The quantitative estimate of drug-likeness (QED) is 0.374. The van der Waals surface area contributed by atoms with Crippen LogP contribution in [0.15, 0.2) is 48.5 Å². The van der Waals surface area contributed by atoms with Crippen LogP contribution in [0.25, 0.3) is 0 Å². The number of hydrogen-bond donors (Lipinski definition) is 2. The lowest BCUT2D eigenvalue weighted by Crippen LogP contribution is -2.27. The highest BCUT2D eigenvalue weighted by molar-refractivity contribution is 7.17. The van der Waals surface area contributed by atoms with E-state index in [4.69, 9.17) is 0 Å². The molecule has 1 aliphatic carbocycles. The summed E-state index contributed by atoms with van der Waals surface area (Å²) in [4.78, 5) is 27.5. The van der Waals surface area contributed by atoms with Crippen molar-refractivity contribution in [2.45, 2.75) is 53.1 Å². The molecule has 0 saturated carbocycles. The molecule has 0 radical (unpaired) electrons. The summed E-state index contributed by atoms with van der Waals surface area (Å²) in [6.45, 7) is 8.47. The maximum Gasteiger partial charge on any atom is 0.416 e. The van der Waals surface area contributed by atoms with Gasteiger partial charge in [0.15, 0.2) is 0 Å². The highest BCUT2D eigenvalue weighted by Gasteiger charge is 2.35. The molecule has 2 N–H and O–H groups in total. The maximum atomic E-state index is 13.4. The predicted octanol–water partition coefficient (Wildman–Crippen LogP) is 7.73. The Balaban J connectivity index is 1.69. The van der Waals surface area contributed by atoms with Crippen LogP contribution in [0.5, 0.6) is 0 Å². The van der Waals surface area contributed by atoms with Crippen molar-refractivity contribution >= 4 is 33.8 Å². The number of nitrogens with one attached hydrogen (secondary N) is 2. The molecular weight excluding hydrogens is 485 g/mol. The van der Waals surface area contributed by atoms with Crippen molar-refractivity contribution in [3.8, 4) is 0 Å². The van der Waals surface area contributed by atoms with Crippen LogP contribution < -0.4 is 10.6 Å². The number of carbonyl (C=O) groups is 2. The molecule has 1 aliphatic rings. The number of anilines is 2. The minimum absolute atomic E-state index is 0.0501. The van der Waals surface area contributed by atoms with Gasteiger partial charge in [0.1, 0.15) is 5.00 Å². The standard InChI is InChI=1S/C28H29F3N2O2S/c1-16-7-5-8-17(13-16)24(34)33-26-23(21-12-11-18(27(2,3)4)15-22(21)36-26)25(35)32-20-10-6-9-19(14-20)28(29,30)31/h5-10,13-14,18H,11-12,15H2,1-4H3,(H,32,35)(H,33,34). The van der Waals surface area contributed by atoms with Gasteiger partial charge in [-0.3, -0.25) is 9.59 Å². The smallest absolute Gasteiger partial charge is 0.322 e. The second-order valence-corrected chi connectivity index (χ2v) is 11.5. The summed E-state index contributed by atoms with van der Waals surface area (Å²) >= 11 is 1.38. The Hall–Kier alpha value is -3.13. The number of halogens is 3. The fraction of sp³-hybridized carbons (Fsp3) is 0.357.